The molecule has 1 heterocycles. The molecule has 0 spiro atoms. The number of aromatic nitrogens is 3. The predicted molar refractivity (Wildman–Crippen MR) is 99.9 cm³/mol. The van der Waals surface area contributed by atoms with Crippen LogP contribution in [0.5, 0.6) is 0 Å². The maximum Gasteiger partial charge on any atom is 0.193 e. The van der Waals surface area contributed by atoms with Crippen molar-refractivity contribution in [2.75, 3.05) is 0 Å². The fraction of sp³-hybridized carbons (Fsp3) is 0.0667. The molecular formula is C15H8Cl6N3+. The first-order valence-electron chi connectivity index (χ1n) is 6.56. The first kappa shape index (κ1) is 18.1. The lowest BCUT2D eigenvalue weighted by Gasteiger charge is -2.03. The summed E-state index contributed by atoms with van der Waals surface area (Å²) in [5, 5.41) is 6.83. The van der Waals surface area contributed by atoms with Crippen LogP contribution in [-0.2, 0) is 0 Å². The lowest BCUT2D eigenvalue weighted by atomic mass is 10.3. The van der Waals surface area contributed by atoms with Crippen molar-refractivity contribution in [3.8, 4) is 11.4 Å². The van der Waals surface area contributed by atoms with Crippen LogP contribution >= 0.6 is 69.6 Å². The summed E-state index contributed by atoms with van der Waals surface area (Å²) in [4.78, 5) is 0. The summed E-state index contributed by atoms with van der Waals surface area (Å²) in [7, 11) is 0. The molecule has 1 aromatic heterocycles. The summed E-state index contributed by atoms with van der Waals surface area (Å²) in [6, 6.07) is 6.37. The molecule has 0 aliphatic carbocycles. The highest BCUT2D eigenvalue weighted by atomic mass is 35.5. The van der Waals surface area contributed by atoms with Crippen LogP contribution in [0, 0.1) is 6.92 Å². The summed E-state index contributed by atoms with van der Waals surface area (Å²) in [5.74, 6) is 0. The molecular weight excluding hydrogens is 435 g/mol. The molecule has 24 heavy (non-hydrogen) atoms. The van der Waals surface area contributed by atoms with E-state index in [2.05, 4.69) is 5.21 Å². The Morgan fingerprint density at radius 2 is 1.25 bits per heavy atom. The van der Waals surface area contributed by atoms with Crippen LogP contribution < -0.4 is 4.68 Å². The average Bonchev–Trinajstić information content (AvgIpc) is 2.78. The highest BCUT2D eigenvalue weighted by Gasteiger charge is 2.24. The number of nitrogens with zero attached hydrogens (tertiary/aromatic N) is 3. The van der Waals surface area contributed by atoms with Gasteiger partial charge in [0.25, 0.3) is 0 Å². The highest BCUT2D eigenvalue weighted by Crippen LogP contribution is 2.33. The Balaban J connectivity index is 2.20. The first-order chi connectivity index (χ1) is 11.3. The van der Waals surface area contributed by atoms with Crippen molar-refractivity contribution < 1.29 is 4.68 Å². The van der Waals surface area contributed by atoms with E-state index in [-0.39, 0.29) is 0 Å². The van der Waals surface area contributed by atoms with Gasteiger partial charge in [0.15, 0.2) is 23.3 Å². The number of hydrogen-bond donors (Lipinski definition) is 0. The van der Waals surface area contributed by atoms with Crippen molar-refractivity contribution in [3.05, 3.63) is 66.3 Å². The highest BCUT2D eigenvalue weighted by molar-refractivity contribution is 6.41. The topological polar surface area (TPSA) is 21.7 Å². The molecule has 0 aliphatic rings. The number of aryl methyl sites for hydroxylation is 1. The number of halogens is 6. The van der Waals surface area contributed by atoms with Crippen molar-refractivity contribution in [2.45, 2.75) is 6.92 Å². The normalized spacial score (nSPS) is 11.1. The van der Waals surface area contributed by atoms with E-state index in [9.17, 15) is 0 Å². The zero-order chi connectivity index (χ0) is 17.6. The molecule has 9 heteroatoms. The maximum absolute atomic E-state index is 6.27. The van der Waals surface area contributed by atoms with Gasteiger partial charge in [0.05, 0.1) is 20.1 Å². The third-order valence-electron chi connectivity index (χ3n) is 3.23. The Labute approximate surface area is 168 Å². The van der Waals surface area contributed by atoms with E-state index in [4.69, 9.17) is 69.6 Å². The molecule has 0 N–H and O–H groups in total. The first-order valence-corrected chi connectivity index (χ1v) is 8.83. The third kappa shape index (κ3) is 3.34. The summed E-state index contributed by atoms with van der Waals surface area (Å²) < 4.78 is 3.12. The molecule has 2 aromatic carbocycles. The van der Waals surface area contributed by atoms with Gasteiger partial charge in [0.2, 0.25) is 0 Å². The quantitative estimate of drug-likeness (QED) is 0.422. The second-order valence-corrected chi connectivity index (χ2v) is 7.45. The third-order valence-corrected chi connectivity index (χ3v) is 4.82. The fourth-order valence-corrected chi connectivity index (χ4v) is 4.21. The molecule has 124 valence electrons. The van der Waals surface area contributed by atoms with Gasteiger partial charge in [0.1, 0.15) is 5.21 Å². The van der Waals surface area contributed by atoms with Crippen LogP contribution in [0.2, 0.25) is 30.1 Å². The van der Waals surface area contributed by atoms with Crippen molar-refractivity contribution in [1.29, 1.82) is 0 Å². The standard InChI is InChI=1S/C15H8Cl6N3/c1-7-6-23(14-10(18)2-8(16)3-11(14)19)22-24(7)15-12(20)4-9(17)5-13(15)21/h2-6H,1H3/q+1. The van der Waals surface area contributed by atoms with Gasteiger partial charge in [-0.3, -0.25) is 0 Å². The summed E-state index contributed by atoms with van der Waals surface area (Å²) in [5.41, 5.74) is 1.79. The van der Waals surface area contributed by atoms with Crippen LogP contribution in [0.25, 0.3) is 11.4 Å². The Bertz CT molecular complexity index is 904. The zero-order valence-electron chi connectivity index (χ0n) is 12.0. The van der Waals surface area contributed by atoms with E-state index in [0.29, 0.717) is 41.5 Å². The lowest BCUT2D eigenvalue weighted by molar-refractivity contribution is -0.660. The van der Waals surface area contributed by atoms with Gasteiger partial charge in [-0.05, 0) is 24.3 Å². The van der Waals surface area contributed by atoms with Crippen LogP contribution in [0.4, 0.5) is 0 Å². The van der Waals surface area contributed by atoms with Crippen molar-refractivity contribution in [2.24, 2.45) is 0 Å². The molecule has 0 unspecified atom stereocenters. The van der Waals surface area contributed by atoms with Crippen LogP contribution in [0.1, 0.15) is 5.69 Å². The van der Waals surface area contributed by atoms with E-state index in [1.807, 2.05) is 6.92 Å². The van der Waals surface area contributed by atoms with Gasteiger partial charge in [-0.2, -0.15) is 0 Å². The molecule has 0 saturated carbocycles. The zero-order valence-corrected chi connectivity index (χ0v) is 16.5. The Morgan fingerprint density at radius 1 is 0.792 bits per heavy atom. The average molecular weight is 443 g/mol. The van der Waals surface area contributed by atoms with Crippen molar-refractivity contribution >= 4 is 69.6 Å². The number of benzene rings is 2. The van der Waals surface area contributed by atoms with Crippen molar-refractivity contribution in [1.82, 2.24) is 9.90 Å². The molecule has 0 aliphatic heterocycles. The molecule has 0 atom stereocenters. The largest absolute Gasteiger partial charge is 0.193 e. The predicted octanol–water partition coefficient (Wildman–Crippen LogP) is 6.38. The molecule has 0 radical (unpaired) electrons. The van der Waals surface area contributed by atoms with E-state index in [0.717, 1.165) is 5.69 Å². The number of rotatable bonds is 2. The van der Waals surface area contributed by atoms with Gasteiger partial charge in [-0.1, -0.05) is 79.0 Å². The van der Waals surface area contributed by atoms with Gasteiger partial charge in [0, 0.05) is 17.0 Å². The smallest absolute Gasteiger partial charge is 0.0984 e. The SMILES string of the molecule is Cc1c[n+](-c2c(Cl)cc(Cl)cc2Cl)nn1-c1c(Cl)cc(Cl)cc1Cl. The fourth-order valence-electron chi connectivity index (χ4n) is 2.25. The van der Waals surface area contributed by atoms with Crippen LogP contribution in [0.15, 0.2) is 30.5 Å². The van der Waals surface area contributed by atoms with E-state index >= 15 is 0 Å². The summed E-state index contributed by atoms with van der Waals surface area (Å²) in [6.07, 6.45) is 1.75. The maximum atomic E-state index is 6.27. The van der Waals surface area contributed by atoms with Crippen molar-refractivity contribution in [3.63, 3.8) is 0 Å². The Kier molecular flexibility index (Phi) is 5.22. The molecule has 0 amide bonds. The van der Waals surface area contributed by atoms with Gasteiger partial charge >= 0.3 is 0 Å². The van der Waals surface area contributed by atoms with E-state index in [1.165, 1.54) is 4.68 Å². The number of hydrogen-bond acceptors (Lipinski definition) is 1. The van der Waals surface area contributed by atoms with Gasteiger partial charge in [-0.15, -0.1) is 0 Å². The minimum absolute atomic E-state index is 0.371. The molecule has 0 bridgehead atoms. The molecule has 0 fully saturated rings. The molecule has 3 aromatic rings. The monoisotopic (exact) mass is 440 g/mol. The lowest BCUT2D eigenvalue weighted by Crippen LogP contribution is -2.34. The molecule has 3 rings (SSSR count). The molecule has 0 saturated heterocycles. The van der Waals surface area contributed by atoms with E-state index in [1.54, 1.807) is 35.1 Å². The molecule has 3 nitrogen and oxygen atoms in total. The summed E-state index contributed by atoms with van der Waals surface area (Å²) in [6.45, 7) is 1.85. The summed E-state index contributed by atoms with van der Waals surface area (Å²) >= 11 is 36.9. The van der Waals surface area contributed by atoms with Crippen LogP contribution in [-0.4, -0.2) is 9.90 Å². The van der Waals surface area contributed by atoms with Crippen LogP contribution in [0.3, 0.4) is 0 Å². The Hall–Kier alpha value is -0.680. The minimum atomic E-state index is 0.371. The van der Waals surface area contributed by atoms with E-state index < -0.39 is 0 Å². The Morgan fingerprint density at radius 3 is 1.75 bits per heavy atom. The second kappa shape index (κ2) is 6.91. The van der Waals surface area contributed by atoms with Gasteiger partial charge < -0.3 is 0 Å². The minimum Gasteiger partial charge on any atom is -0.0984 e. The van der Waals surface area contributed by atoms with Gasteiger partial charge in [-0.25, -0.2) is 0 Å². The second-order valence-electron chi connectivity index (χ2n) is 4.95.